The Morgan fingerprint density at radius 3 is 2.53 bits per heavy atom. The van der Waals surface area contributed by atoms with Crippen molar-refractivity contribution in [1.29, 1.82) is 0 Å². The van der Waals surface area contributed by atoms with Crippen molar-refractivity contribution in [3.05, 3.63) is 29.8 Å². The summed E-state index contributed by atoms with van der Waals surface area (Å²) in [6.45, 7) is 6.39. The number of rotatable bonds is 3. The van der Waals surface area contributed by atoms with E-state index in [9.17, 15) is 0 Å². The van der Waals surface area contributed by atoms with Gasteiger partial charge in [-0.2, -0.15) is 0 Å². The summed E-state index contributed by atoms with van der Waals surface area (Å²) in [6.07, 6.45) is 2.51. The third-order valence-corrected chi connectivity index (χ3v) is 4.26. The fourth-order valence-corrected chi connectivity index (χ4v) is 3.01. The van der Waals surface area contributed by atoms with Crippen LogP contribution in [0, 0.1) is 5.92 Å². The topological polar surface area (TPSA) is 9.23 Å². The van der Waals surface area contributed by atoms with Crippen molar-refractivity contribution in [1.82, 2.24) is 0 Å². The molecule has 1 aliphatic carbocycles. The van der Waals surface area contributed by atoms with Crippen LogP contribution in [0.4, 0.5) is 0 Å². The Kier molecular flexibility index (Phi) is 3.98. The van der Waals surface area contributed by atoms with E-state index in [0.29, 0.717) is 17.2 Å². The van der Waals surface area contributed by atoms with E-state index < -0.39 is 0 Å². The first-order valence-corrected chi connectivity index (χ1v) is 6.93. The smallest absolute Gasteiger partial charge is 0.123 e. The first-order valence-electron chi connectivity index (χ1n) is 6.49. The van der Waals surface area contributed by atoms with E-state index >= 15 is 0 Å². The minimum atomic E-state index is 0.222. The van der Waals surface area contributed by atoms with Crippen LogP contribution in [-0.4, -0.2) is 11.5 Å². The third kappa shape index (κ3) is 2.77. The van der Waals surface area contributed by atoms with Crippen LogP contribution in [0.2, 0.25) is 0 Å². The monoisotopic (exact) mass is 252 g/mol. The summed E-state index contributed by atoms with van der Waals surface area (Å²) >= 11 is 6.32. The molecule has 2 rings (SSSR count). The second kappa shape index (κ2) is 5.30. The maximum absolute atomic E-state index is 6.32. The van der Waals surface area contributed by atoms with Crippen LogP contribution in [0.25, 0.3) is 0 Å². The number of benzene rings is 1. The van der Waals surface area contributed by atoms with Crippen LogP contribution in [0.3, 0.4) is 0 Å². The molecule has 1 fully saturated rings. The van der Waals surface area contributed by atoms with E-state index in [4.69, 9.17) is 16.3 Å². The van der Waals surface area contributed by atoms with Gasteiger partial charge < -0.3 is 4.74 Å². The van der Waals surface area contributed by atoms with Gasteiger partial charge in [-0.3, -0.25) is 0 Å². The molecule has 94 valence electrons. The zero-order valence-corrected chi connectivity index (χ0v) is 11.6. The molecule has 0 N–H and O–H groups in total. The summed E-state index contributed by atoms with van der Waals surface area (Å²) in [7, 11) is 0. The Morgan fingerprint density at radius 1 is 1.24 bits per heavy atom. The fraction of sp³-hybridized carbons (Fsp3) is 0.600. The van der Waals surface area contributed by atoms with Gasteiger partial charge in [-0.15, -0.1) is 11.6 Å². The molecule has 1 nitrogen and oxygen atoms in total. The molecule has 0 radical (unpaired) electrons. The highest BCUT2D eigenvalue weighted by Crippen LogP contribution is 2.45. The number of hydrogen-bond acceptors (Lipinski definition) is 1. The molecule has 0 bridgehead atoms. The lowest BCUT2D eigenvalue weighted by Gasteiger charge is -2.22. The Hall–Kier alpha value is -0.690. The summed E-state index contributed by atoms with van der Waals surface area (Å²) in [5, 5.41) is 0.312. The largest absolute Gasteiger partial charge is 0.491 e. The number of alkyl halides is 1. The standard InChI is InChI=1S/C15H21ClO/c1-10(2)17-15-7-5-4-6-13(15)12-8-9-14(16)11(12)3/h4-7,10-12,14H,8-9H2,1-3H3. The van der Waals surface area contributed by atoms with Crippen LogP contribution in [0.5, 0.6) is 5.75 Å². The Labute approximate surface area is 109 Å². The highest BCUT2D eigenvalue weighted by molar-refractivity contribution is 6.21. The van der Waals surface area contributed by atoms with Crippen LogP contribution in [0.1, 0.15) is 45.1 Å². The predicted molar refractivity (Wildman–Crippen MR) is 73.0 cm³/mol. The van der Waals surface area contributed by atoms with E-state index in [-0.39, 0.29) is 6.10 Å². The molecular weight excluding hydrogens is 232 g/mol. The highest BCUT2D eigenvalue weighted by atomic mass is 35.5. The van der Waals surface area contributed by atoms with Crippen LogP contribution < -0.4 is 4.74 Å². The molecule has 2 heteroatoms. The first kappa shape index (κ1) is 12.8. The summed E-state index contributed by atoms with van der Waals surface area (Å²) in [4.78, 5) is 0. The minimum absolute atomic E-state index is 0.222. The Bertz CT molecular complexity index is 375. The van der Waals surface area contributed by atoms with Crippen LogP contribution in [-0.2, 0) is 0 Å². The number of ether oxygens (including phenoxy) is 1. The molecule has 0 heterocycles. The van der Waals surface area contributed by atoms with Crippen molar-refractivity contribution >= 4 is 11.6 Å². The van der Waals surface area contributed by atoms with Crippen molar-refractivity contribution in [2.24, 2.45) is 5.92 Å². The van der Waals surface area contributed by atoms with Crippen molar-refractivity contribution in [3.8, 4) is 5.75 Å². The lowest BCUT2D eigenvalue weighted by molar-refractivity contribution is 0.237. The van der Waals surface area contributed by atoms with Crippen molar-refractivity contribution in [2.75, 3.05) is 0 Å². The maximum atomic E-state index is 6.32. The van der Waals surface area contributed by atoms with Gasteiger partial charge in [-0.1, -0.05) is 25.1 Å². The summed E-state index contributed by atoms with van der Waals surface area (Å²) in [5.41, 5.74) is 1.33. The van der Waals surface area contributed by atoms with Gasteiger partial charge in [0.25, 0.3) is 0 Å². The molecule has 17 heavy (non-hydrogen) atoms. The molecule has 3 unspecified atom stereocenters. The highest BCUT2D eigenvalue weighted by Gasteiger charge is 2.33. The second-order valence-corrected chi connectivity index (χ2v) is 5.82. The van der Waals surface area contributed by atoms with Gasteiger partial charge in [-0.25, -0.2) is 0 Å². The molecule has 0 amide bonds. The predicted octanol–water partition coefficient (Wildman–Crippen LogP) is 4.59. The number of halogens is 1. The molecule has 3 atom stereocenters. The van der Waals surface area contributed by atoms with Gasteiger partial charge in [0.15, 0.2) is 0 Å². The number of para-hydroxylation sites is 1. The van der Waals surface area contributed by atoms with E-state index in [1.165, 1.54) is 12.0 Å². The zero-order valence-electron chi connectivity index (χ0n) is 10.8. The molecular formula is C15H21ClO. The van der Waals surface area contributed by atoms with Crippen LogP contribution >= 0.6 is 11.6 Å². The van der Waals surface area contributed by atoms with Gasteiger partial charge in [-0.05, 0) is 50.2 Å². The number of hydrogen-bond donors (Lipinski definition) is 0. The second-order valence-electron chi connectivity index (χ2n) is 5.26. The lowest BCUT2D eigenvalue weighted by Crippen LogP contribution is -2.13. The normalized spacial score (nSPS) is 28.6. The molecule has 0 aliphatic heterocycles. The van der Waals surface area contributed by atoms with Gasteiger partial charge in [0.1, 0.15) is 5.75 Å². The van der Waals surface area contributed by atoms with Gasteiger partial charge in [0.2, 0.25) is 0 Å². The molecule has 0 saturated heterocycles. The fourth-order valence-electron chi connectivity index (χ4n) is 2.70. The molecule has 1 aromatic rings. The summed E-state index contributed by atoms with van der Waals surface area (Å²) in [6, 6.07) is 8.40. The quantitative estimate of drug-likeness (QED) is 0.715. The molecule has 1 saturated carbocycles. The van der Waals surface area contributed by atoms with E-state index in [1.54, 1.807) is 0 Å². The van der Waals surface area contributed by atoms with Gasteiger partial charge in [0, 0.05) is 5.38 Å². The van der Waals surface area contributed by atoms with E-state index in [2.05, 4.69) is 39.0 Å². The summed E-state index contributed by atoms with van der Waals surface area (Å²) in [5.74, 6) is 2.12. The van der Waals surface area contributed by atoms with E-state index in [0.717, 1.165) is 12.2 Å². The van der Waals surface area contributed by atoms with Gasteiger partial charge >= 0.3 is 0 Å². The third-order valence-electron chi connectivity index (χ3n) is 3.64. The Morgan fingerprint density at radius 2 is 1.94 bits per heavy atom. The SMILES string of the molecule is CC(C)Oc1ccccc1C1CCC(Cl)C1C. The van der Waals surface area contributed by atoms with E-state index in [1.807, 2.05) is 6.07 Å². The summed E-state index contributed by atoms with van der Waals surface area (Å²) < 4.78 is 5.90. The Balaban J connectivity index is 2.25. The molecule has 1 aromatic carbocycles. The maximum Gasteiger partial charge on any atom is 0.123 e. The molecule has 1 aliphatic rings. The van der Waals surface area contributed by atoms with Crippen molar-refractivity contribution in [2.45, 2.75) is 51.0 Å². The zero-order chi connectivity index (χ0) is 12.4. The van der Waals surface area contributed by atoms with Crippen molar-refractivity contribution in [3.63, 3.8) is 0 Å². The average Bonchev–Trinajstić information content (AvgIpc) is 2.60. The molecule has 0 aromatic heterocycles. The van der Waals surface area contributed by atoms with Crippen molar-refractivity contribution < 1.29 is 4.74 Å². The van der Waals surface area contributed by atoms with Crippen LogP contribution in [0.15, 0.2) is 24.3 Å². The first-order chi connectivity index (χ1) is 8.09. The average molecular weight is 253 g/mol. The lowest BCUT2D eigenvalue weighted by atomic mass is 9.89. The van der Waals surface area contributed by atoms with Gasteiger partial charge in [0.05, 0.1) is 6.10 Å². The minimum Gasteiger partial charge on any atom is -0.491 e. The molecule has 0 spiro atoms.